The lowest BCUT2D eigenvalue weighted by atomic mass is 9.89. The predicted molar refractivity (Wildman–Crippen MR) is 61.8 cm³/mol. The molecule has 0 saturated carbocycles. The van der Waals surface area contributed by atoms with Crippen molar-refractivity contribution in [3.8, 4) is 0 Å². The Kier molecular flexibility index (Phi) is 2.51. The number of para-hydroxylation sites is 1. The summed E-state index contributed by atoms with van der Waals surface area (Å²) in [5, 5.41) is 5.28. The summed E-state index contributed by atoms with van der Waals surface area (Å²) >= 11 is 0. The maximum absolute atomic E-state index is 5.26. The zero-order valence-electron chi connectivity index (χ0n) is 9.58. The number of hydrogen-bond donors (Lipinski definition) is 0. The van der Waals surface area contributed by atoms with E-state index in [0.717, 1.165) is 29.5 Å². The second-order valence-electron chi connectivity index (χ2n) is 5.19. The van der Waals surface area contributed by atoms with Gasteiger partial charge >= 0.3 is 0 Å². The molecule has 0 aliphatic heterocycles. The van der Waals surface area contributed by atoms with Crippen LogP contribution >= 0.6 is 0 Å². The van der Waals surface area contributed by atoms with Crippen molar-refractivity contribution in [3.63, 3.8) is 0 Å². The van der Waals surface area contributed by atoms with Crippen molar-refractivity contribution >= 4 is 11.0 Å². The van der Waals surface area contributed by atoms with Gasteiger partial charge in [-0.3, -0.25) is 0 Å². The average molecular weight is 203 g/mol. The Hall–Kier alpha value is -1.31. The SMILES string of the molecule is CC(C)(C)CCc1noc2ccccc12. The van der Waals surface area contributed by atoms with E-state index in [0.29, 0.717) is 5.41 Å². The standard InChI is InChI=1S/C13H17NO/c1-13(2,3)9-8-11-10-6-4-5-7-12(10)15-14-11/h4-7H,8-9H2,1-3H3. The zero-order chi connectivity index (χ0) is 10.9. The van der Waals surface area contributed by atoms with Gasteiger partial charge in [0.2, 0.25) is 0 Å². The first kappa shape index (κ1) is 10.2. The summed E-state index contributed by atoms with van der Waals surface area (Å²) in [6.07, 6.45) is 2.12. The molecule has 0 amide bonds. The molecule has 0 atom stereocenters. The second kappa shape index (κ2) is 3.69. The van der Waals surface area contributed by atoms with E-state index in [1.807, 2.05) is 18.2 Å². The lowest BCUT2D eigenvalue weighted by Gasteiger charge is -2.16. The molecule has 1 aromatic carbocycles. The van der Waals surface area contributed by atoms with Gasteiger partial charge in [0.25, 0.3) is 0 Å². The largest absolute Gasteiger partial charge is 0.356 e. The Bertz CT molecular complexity index is 451. The van der Waals surface area contributed by atoms with Crippen molar-refractivity contribution < 1.29 is 4.52 Å². The molecule has 1 aromatic heterocycles. The van der Waals surface area contributed by atoms with Gasteiger partial charge < -0.3 is 4.52 Å². The van der Waals surface area contributed by atoms with E-state index in [4.69, 9.17) is 4.52 Å². The Labute approximate surface area is 90.3 Å². The first-order valence-corrected chi connectivity index (χ1v) is 5.39. The summed E-state index contributed by atoms with van der Waals surface area (Å²) in [4.78, 5) is 0. The zero-order valence-corrected chi connectivity index (χ0v) is 9.58. The number of aromatic nitrogens is 1. The Morgan fingerprint density at radius 3 is 2.67 bits per heavy atom. The minimum atomic E-state index is 0.347. The highest BCUT2D eigenvalue weighted by molar-refractivity contribution is 5.79. The molecule has 1 heterocycles. The molecule has 0 bridgehead atoms. The van der Waals surface area contributed by atoms with E-state index < -0.39 is 0 Å². The number of benzene rings is 1. The highest BCUT2D eigenvalue weighted by Gasteiger charge is 2.13. The van der Waals surface area contributed by atoms with Gasteiger partial charge in [0, 0.05) is 5.39 Å². The van der Waals surface area contributed by atoms with Gasteiger partial charge in [-0.25, -0.2) is 0 Å². The van der Waals surface area contributed by atoms with Gasteiger partial charge in [-0.15, -0.1) is 0 Å². The lowest BCUT2D eigenvalue weighted by Crippen LogP contribution is -2.06. The fourth-order valence-electron chi connectivity index (χ4n) is 1.61. The van der Waals surface area contributed by atoms with Crippen LogP contribution in [0.5, 0.6) is 0 Å². The van der Waals surface area contributed by atoms with Crippen LogP contribution < -0.4 is 0 Å². The maximum atomic E-state index is 5.26. The van der Waals surface area contributed by atoms with Crippen LogP contribution in [0.25, 0.3) is 11.0 Å². The third-order valence-electron chi connectivity index (χ3n) is 2.56. The van der Waals surface area contributed by atoms with Crippen LogP contribution in [0, 0.1) is 5.41 Å². The summed E-state index contributed by atoms with van der Waals surface area (Å²) in [6.45, 7) is 6.74. The van der Waals surface area contributed by atoms with Gasteiger partial charge in [-0.05, 0) is 30.4 Å². The van der Waals surface area contributed by atoms with Gasteiger partial charge in [-0.1, -0.05) is 38.1 Å². The first-order chi connectivity index (χ1) is 7.06. The van der Waals surface area contributed by atoms with E-state index in [9.17, 15) is 0 Å². The molecule has 2 heteroatoms. The summed E-state index contributed by atoms with van der Waals surface area (Å²) in [7, 11) is 0. The predicted octanol–water partition coefficient (Wildman–Crippen LogP) is 3.81. The Morgan fingerprint density at radius 1 is 1.20 bits per heavy atom. The van der Waals surface area contributed by atoms with Crippen molar-refractivity contribution in [3.05, 3.63) is 30.0 Å². The molecule has 2 nitrogen and oxygen atoms in total. The van der Waals surface area contributed by atoms with Crippen LogP contribution in [0.4, 0.5) is 0 Å². The molecule has 0 fully saturated rings. The Morgan fingerprint density at radius 2 is 1.93 bits per heavy atom. The minimum Gasteiger partial charge on any atom is -0.356 e. The molecule has 80 valence electrons. The van der Waals surface area contributed by atoms with Gasteiger partial charge in [-0.2, -0.15) is 0 Å². The smallest absolute Gasteiger partial charge is 0.167 e. The van der Waals surface area contributed by atoms with Crippen LogP contribution in [0.2, 0.25) is 0 Å². The molecule has 2 aromatic rings. The summed E-state index contributed by atoms with van der Waals surface area (Å²) in [5.74, 6) is 0. The fraction of sp³-hybridized carbons (Fsp3) is 0.462. The van der Waals surface area contributed by atoms with Crippen molar-refractivity contribution in [2.45, 2.75) is 33.6 Å². The summed E-state index contributed by atoms with van der Waals surface area (Å²) in [5.41, 5.74) is 2.32. The molecular formula is C13H17NO. The van der Waals surface area contributed by atoms with E-state index in [2.05, 4.69) is 32.0 Å². The van der Waals surface area contributed by atoms with Crippen LogP contribution in [0.1, 0.15) is 32.9 Å². The van der Waals surface area contributed by atoms with Crippen molar-refractivity contribution in [2.75, 3.05) is 0 Å². The summed E-state index contributed by atoms with van der Waals surface area (Å²) < 4.78 is 5.26. The maximum Gasteiger partial charge on any atom is 0.167 e. The molecular weight excluding hydrogens is 186 g/mol. The second-order valence-corrected chi connectivity index (χ2v) is 5.19. The van der Waals surface area contributed by atoms with Crippen LogP contribution in [-0.4, -0.2) is 5.16 Å². The normalized spacial score (nSPS) is 12.2. The van der Waals surface area contributed by atoms with E-state index in [1.54, 1.807) is 0 Å². The number of nitrogens with zero attached hydrogens (tertiary/aromatic N) is 1. The molecule has 0 aliphatic carbocycles. The highest BCUT2D eigenvalue weighted by Crippen LogP contribution is 2.24. The average Bonchev–Trinajstić information content (AvgIpc) is 2.57. The highest BCUT2D eigenvalue weighted by atomic mass is 16.5. The number of rotatable bonds is 2. The third-order valence-corrected chi connectivity index (χ3v) is 2.56. The number of aryl methyl sites for hydroxylation is 1. The third kappa shape index (κ3) is 2.38. The fourth-order valence-corrected chi connectivity index (χ4v) is 1.61. The molecule has 15 heavy (non-hydrogen) atoms. The molecule has 2 rings (SSSR count). The van der Waals surface area contributed by atoms with Crippen molar-refractivity contribution in [1.29, 1.82) is 0 Å². The van der Waals surface area contributed by atoms with Gasteiger partial charge in [0.05, 0.1) is 5.69 Å². The van der Waals surface area contributed by atoms with Crippen LogP contribution in [0.15, 0.2) is 28.8 Å². The van der Waals surface area contributed by atoms with E-state index in [1.165, 1.54) is 0 Å². The van der Waals surface area contributed by atoms with Gasteiger partial charge in [0.15, 0.2) is 5.58 Å². The minimum absolute atomic E-state index is 0.347. The molecule has 0 N–H and O–H groups in total. The Balaban J connectivity index is 2.22. The monoisotopic (exact) mass is 203 g/mol. The van der Waals surface area contributed by atoms with Crippen molar-refractivity contribution in [2.24, 2.45) is 5.41 Å². The quantitative estimate of drug-likeness (QED) is 0.741. The van der Waals surface area contributed by atoms with Crippen LogP contribution in [0.3, 0.4) is 0 Å². The number of hydrogen-bond acceptors (Lipinski definition) is 2. The van der Waals surface area contributed by atoms with E-state index >= 15 is 0 Å². The van der Waals surface area contributed by atoms with Gasteiger partial charge in [0.1, 0.15) is 0 Å². The van der Waals surface area contributed by atoms with Crippen molar-refractivity contribution in [1.82, 2.24) is 5.16 Å². The molecule has 0 spiro atoms. The molecule has 0 unspecified atom stereocenters. The summed E-state index contributed by atoms with van der Waals surface area (Å²) in [6, 6.07) is 8.04. The molecule has 0 radical (unpaired) electrons. The first-order valence-electron chi connectivity index (χ1n) is 5.39. The lowest BCUT2D eigenvalue weighted by molar-refractivity contribution is 0.369. The number of fused-ring (bicyclic) bond motifs is 1. The van der Waals surface area contributed by atoms with E-state index in [-0.39, 0.29) is 0 Å². The topological polar surface area (TPSA) is 26.0 Å². The molecule has 0 saturated heterocycles. The van der Waals surface area contributed by atoms with Crippen LogP contribution in [-0.2, 0) is 6.42 Å². The molecule has 0 aliphatic rings.